The molecule has 2 saturated carbocycles. The summed E-state index contributed by atoms with van der Waals surface area (Å²) in [6.45, 7) is 1.20. The average molecular weight is 255 g/mol. The highest BCUT2D eigenvalue weighted by Crippen LogP contribution is 2.26. The monoisotopic (exact) mass is 255 g/mol. The van der Waals surface area contributed by atoms with E-state index in [4.69, 9.17) is 5.11 Å². The molecular weight excluding hydrogens is 234 g/mol. The first-order chi connectivity index (χ1) is 8.58. The molecule has 6 heteroatoms. The Morgan fingerprint density at radius 3 is 2.33 bits per heavy atom. The highest BCUT2D eigenvalue weighted by atomic mass is 16.4. The van der Waals surface area contributed by atoms with E-state index < -0.39 is 5.97 Å². The van der Waals surface area contributed by atoms with E-state index in [1.807, 2.05) is 0 Å². The van der Waals surface area contributed by atoms with Crippen LogP contribution in [0.25, 0.3) is 0 Å². The zero-order chi connectivity index (χ0) is 13.1. The molecule has 18 heavy (non-hydrogen) atoms. The number of carbonyl (C=O) groups excluding carboxylic acids is 1. The van der Waals surface area contributed by atoms with Gasteiger partial charge in [0.2, 0.25) is 0 Å². The lowest BCUT2D eigenvalue weighted by atomic mass is 10.4. The van der Waals surface area contributed by atoms with Crippen molar-refractivity contribution in [3.05, 3.63) is 0 Å². The number of nitrogens with one attached hydrogen (secondary N) is 1. The largest absolute Gasteiger partial charge is 0.480 e. The molecule has 0 unspecified atom stereocenters. The molecule has 6 nitrogen and oxygen atoms in total. The second-order valence-electron chi connectivity index (χ2n) is 5.20. The van der Waals surface area contributed by atoms with Gasteiger partial charge in [0.1, 0.15) is 6.54 Å². The summed E-state index contributed by atoms with van der Waals surface area (Å²) in [4.78, 5) is 26.2. The molecule has 0 aromatic rings. The summed E-state index contributed by atoms with van der Waals surface area (Å²) in [5.41, 5.74) is 0. The van der Waals surface area contributed by atoms with Gasteiger partial charge in [0, 0.05) is 25.2 Å². The average Bonchev–Trinajstić information content (AvgIpc) is 3.17. The molecule has 2 aliphatic rings. The molecule has 2 amide bonds. The smallest absolute Gasteiger partial charge is 0.323 e. The molecule has 0 bridgehead atoms. The number of amides is 2. The molecule has 0 heterocycles. The molecule has 0 atom stereocenters. The van der Waals surface area contributed by atoms with Crippen LogP contribution in [-0.2, 0) is 4.79 Å². The first-order valence-electron chi connectivity index (χ1n) is 6.54. The Morgan fingerprint density at radius 1 is 1.22 bits per heavy atom. The molecule has 0 spiro atoms. The molecule has 0 aliphatic heterocycles. The predicted octanol–water partition coefficient (Wildman–Crippen LogP) is 0.339. The van der Waals surface area contributed by atoms with Crippen LogP contribution >= 0.6 is 0 Å². The SMILES string of the molecule is CN(CCNC(=O)N(CC(=O)O)C1CC1)C1CC1. The summed E-state index contributed by atoms with van der Waals surface area (Å²) in [6.07, 6.45) is 4.33. The van der Waals surface area contributed by atoms with E-state index in [0.29, 0.717) is 12.6 Å². The van der Waals surface area contributed by atoms with Gasteiger partial charge in [-0.2, -0.15) is 0 Å². The van der Waals surface area contributed by atoms with Gasteiger partial charge in [-0.15, -0.1) is 0 Å². The van der Waals surface area contributed by atoms with Crippen molar-refractivity contribution in [2.45, 2.75) is 37.8 Å². The van der Waals surface area contributed by atoms with Gasteiger partial charge in [-0.25, -0.2) is 4.79 Å². The fourth-order valence-corrected chi connectivity index (χ4v) is 2.04. The maximum atomic E-state index is 11.9. The zero-order valence-electron chi connectivity index (χ0n) is 10.8. The molecule has 0 radical (unpaired) electrons. The molecule has 2 N–H and O–H groups in total. The third-order valence-corrected chi connectivity index (χ3v) is 3.47. The molecule has 0 saturated heterocycles. The fourth-order valence-electron chi connectivity index (χ4n) is 2.04. The minimum Gasteiger partial charge on any atom is -0.480 e. The van der Waals surface area contributed by atoms with Crippen molar-refractivity contribution in [2.75, 3.05) is 26.7 Å². The molecule has 102 valence electrons. The summed E-state index contributed by atoms with van der Waals surface area (Å²) in [5.74, 6) is -0.952. The van der Waals surface area contributed by atoms with E-state index in [-0.39, 0.29) is 18.6 Å². The predicted molar refractivity (Wildman–Crippen MR) is 66.4 cm³/mol. The fraction of sp³-hybridized carbons (Fsp3) is 0.833. The molecule has 2 rings (SSSR count). The van der Waals surface area contributed by atoms with Gasteiger partial charge in [-0.05, 0) is 32.7 Å². The normalized spacial score (nSPS) is 18.8. The van der Waals surface area contributed by atoms with Crippen LogP contribution in [0.15, 0.2) is 0 Å². The maximum absolute atomic E-state index is 11.9. The lowest BCUT2D eigenvalue weighted by Crippen LogP contribution is -2.46. The zero-order valence-corrected chi connectivity index (χ0v) is 10.8. The van der Waals surface area contributed by atoms with Crippen molar-refractivity contribution in [2.24, 2.45) is 0 Å². The maximum Gasteiger partial charge on any atom is 0.323 e. The number of carbonyl (C=O) groups is 2. The summed E-state index contributed by atoms with van der Waals surface area (Å²) < 4.78 is 0. The third kappa shape index (κ3) is 3.87. The number of carboxylic acids is 1. The Bertz CT molecular complexity index is 327. The van der Waals surface area contributed by atoms with Crippen LogP contribution in [0.5, 0.6) is 0 Å². The summed E-state index contributed by atoms with van der Waals surface area (Å²) in [7, 11) is 2.06. The number of urea groups is 1. The van der Waals surface area contributed by atoms with Gasteiger partial charge in [0.15, 0.2) is 0 Å². The van der Waals surface area contributed by atoms with Crippen molar-refractivity contribution in [1.82, 2.24) is 15.1 Å². The van der Waals surface area contributed by atoms with Crippen molar-refractivity contribution in [3.8, 4) is 0 Å². The minimum atomic E-state index is -0.952. The van der Waals surface area contributed by atoms with E-state index in [1.165, 1.54) is 17.7 Å². The molecule has 0 aromatic carbocycles. The molecule has 2 aliphatic carbocycles. The Kier molecular flexibility index (Phi) is 4.06. The van der Waals surface area contributed by atoms with Gasteiger partial charge in [-0.3, -0.25) is 4.79 Å². The van der Waals surface area contributed by atoms with Crippen LogP contribution < -0.4 is 5.32 Å². The third-order valence-electron chi connectivity index (χ3n) is 3.47. The quantitative estimate of drug-likeness (QED) is 0.688. The number of rotatable bonds is 7. The lowest BCUT2D eigenvalue weighted by Gasteiger charge is -2.22. The van der Waals surface area contributed by atoms with Crippen LogP contribution in [0.2, 0.25) is 0 Å². The first kappa shape index (κ1) is 13.1. The van der Waals surface area contributed by atoms with Crippen LogP contribution in [0, 0.1) is 0 Å². The number of likely N-dealkylation sites (N-methyl/N-ethyl adjacent to an activating group) is 1. The number of aliphatic carboxylic acids is 1. The summed E-state index contributed by atoms with van der Waals surface area (Å²) >= 11 is 0. The van der Waals surface area contributed by atoms with Gasteiger partial charge < -0.3 is 20.2 Å². The van der Waals surface area contributed by atoms with Crippen LogP contribution in [0.3, 0.4) is 0 Å². The number of carboxylic acid groups (broad SMARTS) is 1. The lowest BCUT2D eigenvalue weighted by molar-refractivity contribution is -0.137. The standard InChI is InChI=1S/C12H21N3O3/c1-14(9-2-3-9)7-6-13-12(18)15(8-11(16)17)10-4-5-10/h9-10H,2-8H2,1H3,(H,13,18)(H,16,17). The topological polar surface area (TPSA) is 72.9 Å². The van der Waals surface area contributed by atoms with E-state index >= 15 is 0 Å². The van der Waals surface area contributed by atoms with E-state index in [9.17, 15) is 9.59 Å². The first-order valence-corrected chi connectivity index (χ1v) is 6.54. The van der Waals surface area contributed by atoms with Crippen LogP contribution in [0.1, 0.15) is 25.7 Å². The number of hydrogen-bond acceptors (Lipinski definition) is 3. The van der Waals surface area contributed by atoms with Gasteiger partial charge >= 0.3 is 12.0 Å². The Labute approximate surface area is 107 Å². The van der Waals surface area contributed by atoms with E-state index in [1.54, 1.807) is 0 Å². The van der Waals surface area contributed by atoms with Crippen molar-refractivity contribution in [1.29, 1.82) is 0 Å². The van der Waals surface area contributed by atoms with Crippen LogP contribution in [0.4, 0.5) is 4.79 Å². The van der Waals surface area contributed by atoms with Gasteiger partial charge in [-0.1, -0.05) is 0 Å². The van der Waals surface area contributed by atoms with Crippen LogP contribution in [-0.4, -0.2) is 65.7 Å². The van der Waals surface area contributed by atoms with Crippen molar-refractivity contribution in [3.63, 3.8) is 0 Å². The molecule has 0 aromatic heterocycles. The summed E-state index contributed by atoms with van der Waals surface area (Å²) in [6, 6.07) is 0.562. The van der Waals surface area contributed by atoms with E-state index in [2.05, 4.69) is 17.3 Å². The summed E-state index contributed by atoms with van der Waals surface area (Å²) in [5, 5.41) is 11.6. The van der Waals surface area contributed by atoms with E-state index in [0.717, 1.165) is 19.4 Å². The second kappa shape index (κ2) is 5.56. The Morgan fingerprint density at radius 2 is 1.83 bits per heavy atom. The minimum absolute atomic E-state index is 0.127. The number of hydrogen-bond donors (Lipinski definition) is 2. The molecule has 2 fully saturated rings. The second-order valence-corrected chi connectivity index (χ2v) is 5.20. The van der Waals surface area contributed by atoms with Crippen molar-refractivity contribution < 1.29 is 14.7 Å². The highest BCUT2D eigenvalue weighted by molar-refractivity contribution is 5.80. The Balaban J connectivity index is 1.69. The van der Waals surface area contributed by atoms with Crippen molar-refractivity contribution >= 4 is 12.0 Å². The van der Waals surface area contributed by atoms with Gasteiger partial charge in [0.25, 0.3) is 0 Å². The molecular formula is C12H21N3O3. The highest BCUT2D eigenvalue weighted by Gasteiger charge is 2.33. The Hall–Kier alpha value is -1.30. The van der Waals surface area contributed by atoms with Gasteiger partial charge in [0.05, 0.1) is 0 Å². The number of nitrogens with zero attached hydrogens (tertiary/aromatic N) is 2.